The lowest BCUT2D eigenvalue weighted by molar-refractivity contribution is 0.269. The van der Waals surface area contributed by atoms with Crippen LogP contribution in [0.5, 0.6) is 0 Å². The van der Waals surface area contributed by atoms with E-state index >= 15 is 0 Å². The summed E-state index contributed by atoms with van der Waals surface area (Å²) in [7, 11) is 4.50. The van der Waals surface area contributed by atoms with E-state index in [-0.39, 0.29) is 0 Å². The van der Waals surface area contributed by atoms with Gasteiger partial charge in [0.2, 0.25) is 0 Å². The molecule has 0 aromatic rings. The van der Waals surface area contributed by atoms with Crippen LogP contribution >= 0.6 is 0 Å². The predicted molar refractivity (Wildman–Crippen MR) is 84.7 cm³/mol. The van der Waals surface area contributed by atoms with Gasteiger partial charge in [-0.3, -0.25) is 0 Å². The molecule has 1 rings (SSSR count). The second kappa shape index (κ2) is 9.73. The number of hydrogen-bond donors (Lipinski definition) is 1. The minimum Gasteiger partial charge on any atom is -0.313 e. The number of nitrogens with one attached hydrogen (secondary N) is 1. The van der Waals surface area contributed by atoms with Gasteiger partial charge in [-0.05, 0) is 46.3 Å². The van der Waals surface area contributed by atoms with Gasteiger partial charge in [-0.1, -0.05) is 26.2 Å². The molecular weight excluding hydrogens is 234 g/mol. The summed E-state index contributed by atoms with van der Waals surface area (Å²) in [5, 5.41) is 3.65. The van der Waals surface area contributed by atoms with Gasteiger partial charge in [-0.2, -0.15) is 0 Å². The Morgan fingerprint density at radius 2 is 2.16 bits per heavy atom. The van der Waals surface area contributed by atoms with E-state index in [0.29, 0.717) is 6.04 Å². The maximum Gasteiger partial charge on any atom is 0.0104 e. The van der Waals surface area contributed by atoms with Gasteiger partial charge in [0.05, 0.1) is 0 Å². The Hall–Kier alpha value is -0.120. The molecule has 2 unspecified atom stereocenters. The van der Waals surface area contributed by atoms with Gasteiger partial charge < -0.3 is 15.1 Å². The third kappa shape index (κ3) is 7.91. The van der Waals surface area contributed by atoms with Crippen molar-refractivity contribution in [3.8, 4) is 0 Å². The fraction of sp³-hybridized carbons (Fsp3) is 1.00. The molecule has 3 heteroatoms. The maximum absolute atomic E-state index is 3.65. The SMILES string of the molecule is CCCCCC(C)NCCN(C)CC1CCN(C)C1. The molecule has 0 amide bonds. The Bertz CT molecular complexity index is 220. The van der Waals surface area contributed by atoms with Crippen LogP contribution < -0.4 is 5.32 Å². The number of likely N-dealkylation sites (tertiary alicyclic amines) is 1. The standard InChI is InChI=1S/C16H35N3/c1-5-6-7-8-15(2)17-10-12-19(4)14-16-9-11-18(3)13-16/h15-17H,5-14H2,1-4H3. The van der Waals surface area contributed by atoms with E-state index in [2.05, 4.69) is 43.1 Å². The topological polar surface area (TPSA) is 18.5 Å². The highest BCUT2D eigenvalue weighted by atomic mass is 15.2. The molecule has 0 bridgehead atoms. The van der Waals surface area contributed by atoms with Crippen molar-refractivity contribution in [1.82, 2.24) is 15.1 Å². The molecule has 1 aliphatic heterocycles. The molecule has 3 nitrogen and oxygen atoms in total. The molecule has 114 valence electrons. The first-order valence-corrected chi connectivity index (χ1v) is 8.22. The van der Waals surface area contributed by atoms with Crippen LogP contribution in [0.25, 0.3) is 0 Å². The minimum absolute atomic E-state index is 0.678. The van der Waals surface area contributed by atoms with E-state index in [1.165, 1.54) is 58.3 Å². The molecule has 1 heterocycles. The highest BCUT2D eigenvalue weighted by molar-refractivity contribution is 4.75. The van der Waals surface area contributed by atoms with Crippen molar-refractivity contribution in [2.45, 2.75) is 52.0 Å². The van der Waals surface area contributed by atoms with Gasteiger partial charge in [0, 0.05) is 32.2 Å². The lowest BCUT2D eigenvalue weighted by Crippen LogP contribution is -2.36. The van der Waals surface area contributed by atoms with Gasteiger partial charge in [0.1, 0.15) is 0 Å². The van der Waals surface area contributed by atoms with E-state index in [1.807, 2.05) is 0 Å². The van der Waals surface area contributed by atoms with Gasteiger partial charge in [-0.15, -0.1) is 0 Å². The highest BCUT2D eigenvalue weighted by Crippen LogP contribution is 2.14. The van der Waals surface area contributed by atoms with Crippen LogP contribution in [-0.2, 0) is 0 Å². The summed E-state index contributed by atoms with van der Waals surface area (Å²) < 4.78 is 0. The molecule has 1 aliphatic rings. The first kappa shape index (κ1) is 16.9. The van der Waals surface area contributed by atoms with Gasteiger partial charge in [0.25, 0.3) is 0 Å². The van der Waals surface area contributed by atoms with Crippen LogP contribution in [0.4, 0.5) is 0 Å². The monoisotopic (exact) mass is 269 g/mol. The molecule has 0 saturated carbocycles. The number of nitrogens with zero attached hydrogens (tertiary/aromatic N) is 2. The molecule has 0 aliphatic carbocycles. The van der Waals surface area contributed by atoms with Crippen LogP contribution in [0.1, 0.15) is 46.0 Å². The van der Waals surface area contributed by atoms with Crippen molar-refractivity contribution in [2.24, 2.45) is 5.92 Å². The normalized spacial score (nSPS) is 22.3. The molecule has 0 aromatic carbocycles. The summed E-state index contributed by atoms with van der Waals surface area (Å²) in [5.74, 6) is 0.886. The zero-order valence-electron chi connectivity index (χ0n) is 13.6. The fourth-order valence-electron chi connectivity index (χ4n) is 3.01. The summed E-state index contributed by atoms with van der Waals surface area (Å²) in [4.78, 5) is 4.95. The van der Waals surface area contributed by atoms with Crippen molar-refractivity contribution in [2.75, 3.05) is 46.8 Å². The largest absolute Gasteiger partial charge is 0.313 e. The van der Waals surface area contributed by atoms with Crippen LogP contribution in [0.3, 0.4) is 0 Å². The van der Waals surface area contributed by atoms with Crippen LogP contribution in [0, 0.1) is 5.92 Å². The quantitative estimate of drug-likeness (QED) is 0.615. The lowest BCUT2D eigenvalue weighted by Gasteiger charge is -2.22. The Balaban J connectivity index is 1.98. The van der Waals surface area contributed by atoms with Crippen LogP contribution in [-0.4, -0.2) is 62.7 Å². The first-order chi connectivity index (χ1) is 9.11. The molecule has 0 spiro atoms. The first-order valence-electron chi connectivity index (χ1n) is 8.22. The predicted octanol–water partition coefficient (Wildman–Crippen LogP) is 2.43. The molecule has 1 saturated heterocycles. The second-order valence-corrected chi connectivity index (χ2v) is 6.53. The van der Waals surface area contributed by atoms with E-state index in [0.717, 1.165) is 12.5 Å². The third-order valence-corrected chi connectivity index (χ3v) is 4.29. The third-order valence-electron chi connectivity index (χ3n) is 4.29. The van der Waals surface area contributed by atoms with Crippen LogP contribution in [0.15, 0.2) is 0 Å². The average Bonchev–Trinajstić information content (AvgIpc) is 2.75. The van der Waals surface area contributed by atoms with Gasteiger partial charge >= 0.3 is 0 Å². The second-order valence-electron chi connectivity index (χ2n) is 6.53. The molecular formula is C16H35N3. The van der Waals surface area contributed by atoms with Crippen LogP contribution in [0.2, 0.25) is 0 Å². The molecule has 2 atom stereocenters. The minimum atomic E-state index is 0.678. The van der Waals surface area contributed by atoms with Crippen molar-refractivity contribution >= 4 is 0 Å². The number of likely N-dealkylation sites (N-methyl/N-ethyl adjacent to an activating group) is 1. The lowest BCUT2D eigenvalue weighted by atomic mass is 10.1. The van der Waals surface area contributed by atoms with Gasteiger partial charge in [0.15, 0.2) is 0 Å². The summed E-state index contributed by atoms with van der Waals surface area (Å²) in [6.07, 6.45) is 6.77. The molecule has 0 radical (unpaired) electrons. The van der Waals surface area contributed by atoms with Crippen molar-refractivity contribution in [3.05, 3.63) is 0 Å². The van der Waals surface area contributed by atoms with E-state index < -0.39 is 0 Å². The molecule has 19 heavy (non-hydrogen) atoms. The van der Waals surface area contributed by atoms with Gasteiger partial charge in [-0.25, -0.2) is 0 Å². The molecule has 0 aromatic heterocycles. The highest BCUT2D eigenvalue weighted by Gasteiger charge is 2.20. The number of unbranched alkanes of at least 4 members (excludes halogenated alkanes) is 2. The van der Waals surface area contributed by atoms with E-state index in [1.54, 1.807) is 0 Å². The Labute approximate surface area is 120 Å². The number of hydrogen-bond acceptors (Lipinski definition) is 3. The van der Waals surface area contributed by atoms with E-state index in [9.17, 15) is 0 Å². The average molecular weight is 269 g/mol. The Kier molecular flexibility index (Phi) is 8.67. The van der Waals surface area contributed by atoms with E-state index in [4.69, 9.17) is 0 Å². The molecule has 1 N–H and O–H groups in total. The Morgan fingerprint density at radius 3 is 2.79 bits per heavy atom. The maximum atomic E-state index is 3.65. The smallest absolute Gasteiger partial charge is 0.0104 e. The van der Waals surface area contributed by atoms with Crippen molar-refractivity contribution in [3.63, 3.8) is 0 Å². The summed E-state index contributed by atoms with van der Waals surface area (Å²) in [6, 6.07) is 0.678. The van der Waals surface area contributed by atoms with Crippen molar-refractivity contribution < 1.29 is 0 Å². The summed E-state index contributed by atoms with van der Waals surface area (Å²) in [5.41, 5.74) is 0. The van der Waals surface area contributed by atoms with Crippen molar-refractivity contribution in [1.29, 1.82) is 0 Å². The fourth-order valence-corrected chi connectivity index (χ4v) is 3.01. The Morgan fingerprint density at radius 1 is 1.37 bits per heavy atom. The summed E-state index contributed by atoms with van der Waals surface area (Å²) in [6.45, 7) is 10.7. The summed E-state index contributed by atoms with van der Waals surface area (Å²) >= 11 is 0. The molecule has 1 fully saturated rings. The zero-order valence-corrected chi connectivity index (χ0v) is 13.6. The number of rotatable bonds is 10. The zero-order chi connectivity index (χ0) is 14.1.